The van der Waals surface area contributed by atoms with Gasteiger partial charge < -0.3 is 30.0 Å². The molecule has 1 aromatic rings. The molecule has 26 heavy (non-hydrogen) atoms. The van der Waals surface area contributed by atoms with E-state index in [2.05, 4.69) is 15.0 Å². The van der Waals surface area contributed by atoms with Gasteiger partial charge in [-0.15, -0.1) is 0 Å². The van der Waals surface area contributed by atoms with E-state index in [9.17, 15) is 19.2 Å². The van der Waals surface area contributed by atoms with Crippen LogP contribution in [-0.4, -0.2) is 65.3 Å². The SMILES string of the molecule is NC(=S)c1ncn([C@@H]2O[C@H](COC=O)[C@@H](OC=O)[C@H]2OC=O)c1NC=O. The van der Waals surface area contributed by atoms with E-state index in [0.29, 0.717) is 6.41 Å². The van der Waals surface area contributed by atoms with E-state index >= 15 is 0 Å². The molecular weight excluding hydrogens is 372 g/mol. The first-order valence-corrected chi connectivity index (χ1v) is 7.45. The standard InChI is InChI=1S/C13H14N4O8S/c14-11(26)8-12(16-3-18)17(2-15-8)13-10(24-6-21)9(23-5-20)7(25-13)1-22-4-19/h2-7,9-10,13H,1H2,(H2,14,26)(H,16,18)/t7-,9-,10-,13-/m1/s1. The second-order valence-electron chi connectivity index (χ2n) is 4.86. The van der Waals surface area contributed by atoms with Gasteiger partial charge in [0.1, 0.15) is 29.2 Å². The number of carbonyl (C=O) groups excluding carboxylic acids is 4. The maximum atomic E-state index is 10.9. The Morgan fingerprint density at radius 2 is 1.96 bits per heavy atom. The lowest BCUT2D eigenvalue weighted by atomic mass is 10.1. The molecule has 0 saturated carbocycles. The molecule has 4 atom stereocenters. The summed E-state index contributed by atoms with van der Waals surface area (Å²) >= 11 is 4.87. The number of anilines is 1. The normalized spacial score (nSPS) is 24.3. The number of imidazole rings is 1. The van der Waals surface area contributed by atoms with Crippen LogP contribution in [0.1, 0.15) is 11.9 Å². The topological polar surface area (TPSA) is 161 Å². The molecule has 12 nitrogen and oxygen atoms in total. The van der Waals surface area contributed by atoms with Gasteiger partial charge in [0.25, 0.3) is 19.4 Å². The Balaban J connectivity index is 2.43. The van der Waals surface area contributed by atoms with Crippen molar-refractivity contribution in [3.05, 3.63) is 12.0 Å². The first-order valence-electron chi connectivity index (χ1n) is 7.04. The summed E-state index contributed by atoms with van der Waals surface area (Å²) in [4.78, 5) is 46.9. The number of thiocarbonyl (C=S) groups is 1. The average molecular weight is 386 g/mol. The molecular formula is C13H14N4O8S. The van der Waals surface area contributed by atoms with Gasteiger partial charge in [-0.05, 0) is 0 Å². The number of aromatic nitrogens is 2. The predicted molar refractivity (Wildman–Crippen MR) is 85.6 cm³/mol. The van der Waals surface area contributed by atoms with Crippen molar-refractivity contribution in [2.24, 2.45) is 5.73 Å². The Kier molecular flexibility index (Phi) is 6.57. The molecule has 1 aliphatic heterocycles. The van der Waals surface area contributed by atoms with Crippen molar-refractivity contribution in [2.45, 2.75) is 24.5 Å². The van der Waals surface area contributed by atoms with Crippen LogP contribution in [-0.2, 0) is 38.1 Å². The molecule has 2 rings (SSSR count). The van der Waals surface area contributed by atoms with E-state index in [0.717, 1.165) is 0 Å². The summed E-state index contributed by atoms with van der Waals surface area (Å²) in [5, 5.41) is 2.38. The van der Waals surface area contributed by atoms with Crippen LogP contribution < -0.4 is 11.1 Å². The van der Waals surface area contributed by atoms with Gasteiger partial charge in [-0.25, -0.2) is 4.98 Å². The highest BCUT2D eigenvalue weighted by Crippen LogP contribution is 2.36. The molecule has 140 valence electrons. The maximum Gasteiger partial charge on any atom is 0.293 e. The van der Waals surface area contributed by atoms with Crippen molar-refractivity contribution in [1.82, 2.24) is 9.55 Å². The number of nitrogens with zero attached hydrogens (tertiary/aromatic N) is 2. The fraction of sp³-hybridized carbons (Fsp3) is 0.385. The minimum absolute atomic E-state index is 0.0822. The summed E-state index contributed by atoms with van der Waals surface area (Å²) in [5.74, 6) is 0.0822. The summed E-state index contributed by atoms with van der Waals surface area (Å²) in [6, 6.07) is 0. The van der Waals surface area contributed by atoms with Crippen LogP contribution in [0.15, 0.2) is 6.33 Å². The lowest BCUT2D eigenvalue weighted by Gasteiger charge is -2.22. The van der Waals surface area contributed by atoms with E-state index in [4.69, 9.17) is 32.2 Å². The Morgan fingerprint density at radius 3 is 2.54 bits per heavy atom. The van der Waals surface area contributed by atoms with E-state index in [1.807, 2.05) is 0 Å². The molecule has 0 radical (unpaired) electrons. The average Bonchev–Trinajstić information content (AvgIpc) is 3.17. The van der Waals surface area contributed by atoms with Crippen LogP contribution in [0.5, 0.6) is 0 Å². The van der Waals surface area contributed by atoms with Crippen molar-refractivity contribution >= 4 is 48.9 Å². The van der Waals surface area contributed by atoms with Crippen molar-refractivity contribution in [3.8, 4) is 0 Å². The first kappa shape index (κ1) is 19.3. The summed E-state index contributed by atoms with van der Waals surface area (Å²) in [7, 11) is 0. The second kappa shape index (κ2) is 8.87. The zero-order valence-electron chi connectivity index (χ0n) is 13.0. The van der Waals surface area contributed by atoms with Crippen LogP contribution in [0.3, 0.4) is 0 Å². The third-order valence-electron chi connectivity index (χ3n) is 3.54. The molecule has 1 saturated heterocycles. The summed E-state index contributed by atoms with van der Waals surface area (Å²) in [5.41, 5.74) is 5.66. The molecule has 0 unspecified atom stereocenters. The Labute approximate surface area is 151 Å². The van der Waals surface area contributed by atoms with Crippen molar-refractivity contribution in [1.29, 1.82) is 0 Å². The van der Waals surface area contributed by atoms with E-state index in [-0.39, 0.29) is 42.5 Å². The second-order valence-corrected chi connectivity index (χ2v) is 5.30. The Bertz CT molecular complexity index is 696. The molecule has 0 spiro atoms. The number of nitrogens with two attached hydrogens (primary N) is 1. The molecule has 1 amide bonds. The number of rotatable bonds is 11. The predicted octanol–water partition coefficient (Wildman–Crippen LogP) is -1.76. The highest BCUT2D eigenvalue weighted by Gasteiger charge is 2.50. The third-order valence-corrected chi connectivity index (χ3v) is 3.73. The van der Waals surface area contributed by atoms with Gasteiger partial charge in [0.2, 0.25) is 6.41 Å². The molecule has 1 fully saturated rings. The Hall–Kier alpha value is -3.06. The largest absolute Gasteiger partial charge is 0.465 e. The van der Waals surface area contributed by atoms with Crippen LogP contribution in [0, 0.1) is 0 Å². The van der Waals surface area contributed by atoms with Crippen molar-refractivity contribution in [2.75, 3.05) is 11.9 Å². The minimum atomic E-state index is -1.13. The van der Waals surface area contributed by atoms with Gasteiger partial charge in [-0.2, -0.15) is 0 Å². The zero-order chi connectivity index (χ0) is 19.1. The molecule has 2 heterocycles. The molecule has 1 aliphatic rings. The fourth-order valence-electron chi connectivity index (χ4n) is 2.57. The molecule has 1 aromatic heterocycles. The monoisotopic (exact) mass is 386 g/mol. The number of hydrogen-bond acceptors (Lipinski definition) is 10. The zero-order valence-corrected chi connectivity index (χ0v) is 13.9. The fourth-order valence-corrected chi connectivity index (χ4v) is 2.72. The van der Waals surface area contributed by atoms with E-state index in [1.165, 1.54) is 10.9 Å². The number of carbonyl (C=O) groups is 4. The Morgan fingerprint density at radius 1 is 1.27 bits per heavy atom. The highest BCUT2D eigenvalue weighted by atomic mass is 32.1. The quantitative estimate of drug-likeness (QED) is 0.252. The summed E-state index contributed by atoms with van der Waals surface area (Å²) < 4.78 is 21.5. The molecule has 0 aromatic carbocycles. The van der Waals surface area contributed by atoms with Crippen LogP contribution >= 0.6 is 12.2 Å². The van der Waals surface area contributed by atoms with Gasteiger partial charge in [-0.3, -0.25) is 23.7 Å². The number of hydrogen-bond donors (Lipinski definition) is 2. The van der Waals surface area contributed by atoms with Crippen molar-refractivity contribution in [3.63, 3.8) is 0 Å². The number of amides is 1. The lowest BCUT2D eigenvalue weighted by molar-refractivity contribution is -0.152. The summed E-state index contributed by atoms with van der Waals surface area (Å²) in [6.07, 6.45) is -2.62. The highest BCUT2D eigenvalue weighted by molar-refractivity contribution is 7.80. The molecule has 13 heteroatoms. The van der Waals surface area contributed by atoms with Gasteiger partial charge in [0.05, 0.1) is 6.33 Å². The first-order chi connectivity index (χ1) is 12.6. The number of ether oxygens (including phenoxy) is 4. The van der Waals surface area contributed by atoms with Crippen LogP contribution in [0.25, 0.3) is 0 Å². The minimum Gasteiger partial charge on any atom is -0.465 e. The molecule has 0 bridgehead atoms. The third kappa shape index (κ3) is 3.78. The smallest absolute Gasteiger partial charge is 0.293 e. The van der Waals surface area contributed by atoms with Gasteiger partial charge in [0.15, 0.2) is 18.4 Å². The van der Waals surface area contributed by atoms with Crippen molar-refractivity contribution < 1.29 is 38.1 Å². The van der Waals surface area contributed by atoms with Gasteiger partial charge >= 0.3 is 0 Å². The van der Waals surface area contributed by atoms with Crippen LogP contribution in [0.2, 0.25) is 0 Å². The van der Waals surface area contributed by atoms with Crippen LogP contribution in [0.4, 0.5) is 5.82 Å². The van der Waals surface area contributed by atoms with E-state index in [1.54, 1.807) is 0 Å². The van der Waals surface area contributed by atoms with Gasteiger partial charge in [-0.1, -0.05) is 12.2 Å². The van der Waals surface area contributed by atoms with E-state index < -0.39 is 24.5 Å². The lowest BCUT2D eigenvalue weighted by Crippen LogP contribution is -2.38. The molecule has 0 aliphatic carbocycles. The number of nitrogens with one attached hydrogen (secondary N) is 1. The maximum absolute atomic E-state index is 10.9. The molecule has 3 N–H and O–H groups in total. The summed E-state index contributed by atoms with van der Waals surface area (Å²) in [6.45, 7) is 0.199. The van der Waals surface area contributed by atoms with Gasteiger partial charge in [0, 0.05) is 0 Å².